The van der Waals surface area contributed by atoms with Gasteiger partial charge in [-0.3, -0.25) is 4.79 Å². The van der Waals surface area contributed by atoms with E-state index in [1.165, 1.54) is 0 Å². The SMILES string of the molecule is COc1cccc2c(NCC(O)C(N)=O)nccc12. The number of nitrogens with zero attached hydrogens (tertiary/aromatic N) is 1. The van der Waals surface area contributed by atoms with Crippen LogP contribution in [0.4, 0.5) is 5.82 Å². The summed E-state index contributed by atoms with van der Waals surface area (Å²) in [6.07, 6.45) is 0.381. The average Bonchev–Trinajstić information content (AvgIpc) is 2.43. The number of aliphatic hydroxyl groups excluding tert-OH is 1. The molecule has 1 aromatic carbocycles. The molecule has 6 nitrogen and oxygen atoms in total. The van der Waals surface area contributed by atoms with E-state index in [-0.39, 0.29) is 6.54 Å². The van der Waals surface area contributed by atoms with E-state index in [0.717, 1.165) is 16.5 Å². The maximum absolute atomic E-state index is 10.8. The van der Waals surface area contributed by atoms with Crippen LogP contribution in [0.3, 0.4) is 0 Å². The molecule has 6 heteroatoms. The van der Waals surface area contributed by atoms with E-state index < -0.39 is 12.0 Å². The number of primary amides is 1. The van der Waals surface area contributed by atoms with Gasteiger partial charge in [-0.25, -0.2) is 4.98 Å². The van der Waals surface area contributed by atoms with Crippen LogP contribution in [0.15, 0.2) is 30.5 Å². The summed E-state index contributed by atoms with van der Waals surface area (Å²) >= 11 is 0. The largest absolute Gasteiger partial charge is 0.496 e. The molecule has 1 unspecified atom stereocenters. The quantitative estimate of drug-likeness (QED) is 0.728. The number of rotatable bonds is 5. The number of amides is 1. The Morgan fingerprint density at radius 2 is 2.26 bits per heavy atom. The van der Waals surface area contributed by atoms with Crippen LogP contribution < -0.4 is 15.8 Å². The van der Waals surface area contributed by atoms with Gasteiger partial charge in [0.1, 0.15) is 17.7 Å². The Morgan fingerprint density at radius 3 is 2.95 bits per heavy atom. The van der Waals surface area contributed by atoms with Gasteiger partial charge in [0.05, 0.1) is 13.7 Å². The predicted molar refractivity (Wildman–Crippen MR) is 72.0 cm³/mol. The first-order chi connectivity index (χ1) is 9.13. The van der Waals surface area contributed by atoms with Gasteiger partial charge in [0.25, 0.3) is 0 Å². The van der Waals surface area contributed by atoms with Gasteiger partial charge in [-0.1, -0.05) is 12.1 Å². The summed E-state index contributed by atoms with van der Waals surface area (Å²) in [6.45, 7) is 0.0126. The number of methoxy groups -OCH3 is 1. The monoisotopic (exact) mass is 261 g/mol. The lowest BCUT2D eigenvalue weighted by atomic mass is 10.1. The van der Waals surface area contributed by atoms with Crippen LogP contribution in [0, 0.1) is 0 Å². The third-order valence-corrected chi connectivity index (χ3v) is 2.78. The van der Waals surface area contributed by atoms with Crippen LogP contribution in [0.25, 0.3) is 10.8 Å². The summed E-state index contributed by atoms with van der Waals surface area (Å²) < 4.78 is 5.27. The normalized spacial score (nSPS) is 12.1. The number of fused-ring (bicyclic) bond motifs is 1. The minimum absolute atomic E-state index is 0.0126. The second-order valence-corrected chi connectivity index (χ2v) is 4.01. The summed E-state index contributed by atoms with van der Waals surface area (Å²) in [5.41, 5.74) is 4.99. The second-order valence-electron chi connectivity index (χ2n) is 4.01. The predicted octanol–water partition coefficient (Wildman–Crippen LogP) is 0.501. The lowest BCUT2D eigenvalue weighted by Gasteiger charge is -2.12. The lowest BCUT2D eigenvalue weighted by Crippen LogP contribution is -2.34. The number of pyridine rings is 1. The molecule has 0 bridgehead atoms. The number of carbonyl (C=O) groups excluding carboxylic acids is 1. The number of carbonyl (C=O) groups is 1. The van der Waals surface area contributed by atoms with Gasteiger partial charge in [-0.2, -0.15) is 0 Å². The van der Waals surface area contributed by atoms with Crippen LogP contribution in [0.1, 0.15) is 0 Å². The Labute approximate surface area is 110 Å². The van der Waals surface area contributed by atoms with E-state index in [4.69, 9.17) is 10.5 Å². The van der Waals surface area contributed by atoms with Crippen molar-refractivity contribution in [2.45, 2.75) is 6.10 Å². The van der Waals surface area contributed by atoms with E-state index in [0.29, 0.717) is 5.82 Å². The van der Waals surface area contributed by atoms with Gasteiger partial charge < -0.3 is 20.9 Å². The third-order valence-electron chi connectivity index (χ3n) is 2.78. The number of hydrogen-bond acceptors (Lipinski definition) is 5. The molecule has 2 rings (SSSR count). The number of anilines is 1. The van der Waals surface area contributed by atoms with Crippen LogP contribution in [0.5, 0.6) is 5.75 Å². The average molecular weight is 261 g/mol. The molecule has 1 heterocycles. The van der Waals surface area contributed by atoms with Crippen molar-refractivity contribution in [3.8, 4) is 5.75 Å². The van der Waals surface area contributed by atoms with Gasteiger partial charge >= 0.3 is 0 Å². The van der Waals surface area contributed by atoms with Gasteiger partial charge in [0.15, 0.2) is 0 Å². The molecule has 0 saturated heterocycles. The van der Waals surface area contributed by atoms with Crippen LogP contribution in [0.2, 0.25) is 0 Å². The number of nitrogens with one attached hydrogen (secondary N) is 1. The number of benzene rings is 1. The Hall–Kier alpha value is -2.34. The zero-order valence-electron chi connectivity index (χ0n) is 10.5. The van der Waals surface area contributed by atoms with E-state index >= 15 is 0 Å². The molecule has 19 heavy (non-hydrogen) atoms. The van der Waals surface area contributed by atoms with E-state index in [1.807, 2.05) is 24.3 Å². The first-order valence-corrected chi connectivity index (χ1v) is 5.76. The highest BCUT2D eigenvalue weighted by Gasteiger charge is 2.12. The molecule has 4 N–H and O–H groups in total. The Kier molecular flexibility index (Phi) is 3.82. The van der Waals surface area contributed by atoms with Crippen LogP contribution >= 0.6 is 0 Å². The Bertz CT molecular complexity index is 601. The van der Waals surface area contributed by atoms with E-state index in [1.54, 1.807) is 13.3 Å². The van der Waals surface area contributed by atoms with Crippen molar-refractivity contribution in [3.63, 3.8) is 0 Å². The molecule has 0 aliphatic carbocycles. The molecular weight excluding hydrogens is 246 g/mol. The van der Waals surface area contributed by atoms with Gasteiger partial charge in [0.2, 0.25) is 5.91 Å². The highest BCUT2D eigenvalue weighted by Crippen LogP contribution is 2.28. The fourth-order valence-corrected chi connectivity index (χ4v) is 1.79. The highest BCUT2D eigenvalue weighted by atomic mass is 16.5. The Balaban J connectivity index is 2.31. The zero-order valence-corrected chi connectivity index (χ0v) is 10.5. The van der Waals surface area contributed by atoms with Gasteiger partial charge in [-0.05, 0) is 12.1 Å². The summed E-state index contributed by atoms with van der Waals surface area (Å²) in [5, 5.41) is 14.0. The molecule has 0 saturated carbocycles. The van der Waals surface area contributed by atoms with Gasteiger partial charge in [0, 0.05) is 17.0 Å². The topological polar surface area (TPSA) is 97.5 Å². The maximum atomic E-state index is 10.8. The van der Waals surface area contributed by atoms with E-state index in [2.05, 4.69) is 10.3 Å². The number of nitrogens with two attached hydrogens (primary N) is 1. The first-order valence-electron chi connectivity index (χ1n) is 5.76. The number of aliphatic hydroxyl groups is 1. The molecule has 0 radical (unpaired) electrons. The van der Waals surface area contributed by atoms with E-state index in [9.17, 15) is 9.90 Å². The minimum atomic E-state index is -1.25. The first kappa shape index (κ1) is 13.1. The molecule has 0 spiro atoms. The molecule has 1 atom stereocenters. The molecule has 0 aliphatic heterocycles. The summed E-state index contributed by atoms with van der Waals surface area (Å²) in [7, 11) is 1.60. The molecule has 2 aromatic rings. The summed E-state index contributed by atoms with van der Waals surface area (Å²) in [6, 6.07) is 7.41. The molecule has 100 valence electrons. The summed E-state index contributed by atoms with van der Waals surface area (Å²) in [5.74, 6) is 0.528. The van der Waals surface area contributed by atoms with Crippen molar-refractivity contribution in [1.82, 2.24) is 4.98 Å². The van der Waals surface area contributed by atoms with Crippen LogP contribution in [-0.4, -0.2) is 35.8 Å². The van der Waals surface area contributed by atoms with Gasteiger partial charge in [-0.15, -0.1) is 0 Å². The minimum Gasteiger partial charge on any atom is -0.496 e. The Morgan fingerprint density at radius 1 is 1.47 bits per heavy atom. The molecule has 0 aliphatic rings. The number of aromatic nitrogens is 1. The smallest absolute Gasteiger partial charge is 0.248 e. The van der Waals surface area contributed by atoms with Crippen molar-refractivity contribution in [2.24, 2.45) is 5.73 Å². The standard InChI is InChI=1S/C13H15N3O3/c1-19-11-4-2-3-9-8(11)5-6-15-13(9)16-7-10(17)12(14)18/h2-6,10,17H,7H2,1H3,(H2,14,18)(H,15,16). The third kappa shape index (κ3) is 2.74. The zero-order chi connectivity index (χ0) is 13.8. The van der Waals surface area contributed by atoms with Crippen LogP contribution in [-0.2, 0) is 4.79 Å². The van der Waals surface area contributed by atoms with Crippen molar-refractivity contribution in [2.75, 3.05) is 19.0 Å². The molecule has 1 aromatic heterocycles. The molecular formula is C13H15N3O3. The van der Waals surface area contributed by atoms with Crippen molar-refractivity contribution >= 4 is 22.5 Å². The number of hydrogen-bond donors (Lipinski definition) is 3. The molecule has 1 amide bonds. The fourth-order valence-electron chi connectivity index (χ4n) is 1.79. The fraction of sp³-hybridized carbons (Fsp3) is 0.231. The summed E-state index contributed by atoms with van der Waals surface area (Å²) in [4.78, 5) is 15.0. The van der Waals surface area contributed by atoms with Crippen molar-refractivity contribution in [3.05, 3.63) is 30.5 Å². The maximum Gasteiger partial charge on any atom is 0.248 e. The van der Waals surface area contributed by atoms with Crippen molar-refractivity contribution in [1.29, 1.82) is 0 Å². The second kappa shape index (κ2) is 5.53. The number of ether oxygens (including phenoxy) is 1. The molecule has 0 fully saturated rings. The highest BCUT2D eigenvalue weighted by molar-refractivity contribution is 5.96. The lowest BCUT2D eigenvalue weighted by molar-refractivity contribution is -0.125. The van der Waals surface area contributed by atoms with Crippen molar-refractivity contribution < 1.29 is 14.6 Å².